The Morgan fingerprint density at radius 2 is 1.95 bits per heavy atom. The zero-order chi connectivity index (χ0) is 14.8. The Morgan fingerprint density at radius 3 is 2.45 bits per heavy atom. The summed E-state index contributed by atoms with van der Waals surface area (Å²) in [6.07, 6.45) is 7.04. The number of carbonyl (C=O) groups is 2. The van der Waals surface area contributed by atoms with Crippen molar-refractivity contribution in [2.45, 2.75) is 50.3 Å². The molecule has 0 spiro atoms. The zero-order valence-electron chi connectivity index (χ0n) is 12.2. The van der Waals surface area contributed by atoms with Gasteiger partial charge in [-0.1, -0.05) is 0 Å². The predicted octanol–water partition coefficient (Wildman–Crippen LogP) is 2.17. The molecule has 2 amide bonds. The van der Waals surface area contributed by atoms with Gasteiger partial charge in [0.25, 0.3) is 0 Å². The second kappa shape index (κ2) is 6.24. The van der Waals surface area contributed by atoms with Crippen LogP contribution in [-0.4, -0.2) is 52.6 Å². The van der Waals surface area contributed by atoms with E-state index in [2.05, 4.69) is 11.6 Å². The third kappa shape index (κ3) is 3.40. The third-order valence-electron chi connectivity index (χ3n) is 4.61. The lowest BCUT2D eigenvalue weighted by Gasteiger charge is -2.30. The molecule has 2 aliphatic rings. The van der Waals surface area contributed by atoms with Gasteiger partial charge in [0.05, 0.1) is 5.41 Å². The summed E-state index contributed by atoms with van der Waals surface area (Å²) in [5.74, 6) is -0.812. The topological polar surface area (TPSA) is 69.6 Å². The fraction of sp³-hybridized carbons (Fsp3) is 0.857. The van der Waals surface area contributed by atoms with Gasteiger partial charge < -0.3 is 15.3 Å². The van der Waals surface area contributed by atoms with E-state index in [1.54, 1.807) is 11.8 Å². The van der Waals surface area contributed by atoms with Crippen molar-refractivity contribution in [1.82, 2.24) is 10.2 Å². The number of carboxylic acids is 1. The Kier molecular flexibility index (Phi) is 4.83. The molecule has 0 bridgehead atoms. The van der Waals surface area contributed by atoms with Crippen LogP contribution in [0.15, 0.2) is 0 Å². The molecule has 1 heterocycles. The smallest absolute Gasteiger partial charge is 0.317 e. The molecule has 1 saturated carbocycles. The van der Waals surface area contributed by atoms with Crippen LogP contribution in [0.1, 0.15) is 39.0 Å². The van der Waals surface area contributed by atoms with Crippen molar-refractivity contribution in [1.29, 1.82) is 0 Å². The van der Waals surface area contributed by atoms with Crippen LogP contribution < -0.4 is 5.32 Å². The summed E-state index contributed by atoms with van der Waals surface area (Å²) in [6.45, 7) is 2.56. The summed E-state index contributed by atoms with van der Waals surface area (Å²) in [7, 11) is 0. The van der Waals surface area contributed by atoms with Gasteiger partial charge in [0.15, 0.2) is 0 Å². The van der Waals surface area contributed by atoms with Crippen LogP contribution in [0.3, 0.4) is 0 Å². The molecule has 114 valence electrons. The van der Waals surface area contributed by atoms with E-state index in [4.69, 9.17) is 0 Å². The Morgan fingerprint density at radius 1 is 1.30 bits per heavy atom. The summed E-state index contributed by atoms with van der Waals surface area (Å²) in [6, 6.07) is 0.158. The summed E-state index contributed by atoms with van der Waals surface area (Å²) in [4.78, 5) is 25.0. The second-order valence-corrected chi connectivity index (χ2v) is 7.33. The SMILES string of the molecule is CSC1CCC(NC(=O)N2CCC(C)(C(=O)O)C2)CC1. The number of hydrogen-bond donors (Lipinski definition) is 2. The molecule has 5 nitrogen and oxygen atoms in total. The average molecular weight is 300 g/mol. The van der Waals surface area contributed by atoms with E-state index in [0.29, 0.717) is 19.5 Å². The molecule has 0 aromatic carbocycles. The number of nitrogens with one attached hydrogen (secondary N) is 1. The van der Waals surface area contributed by atoms with Crippen LogP contribution >= 0.6 is 11.8 Å². The van der Waals surface area contributed by atoms with E-state index in [1.165, 1.54) is 0 Å². The lowest BCUT2D eigenvalue weighted by molar-refractivity contribution is -0.146. The van der Waals surface area contributed by atoms with E-state index < -0.39 is 11.4 Å². The highest BCUT2D eigenvalue weighted by Crippen LogP contribution is 2.31. The van der Waals surface area contributed by atoms with Crippen molar-refractivity contribution >= 4 is 23.8 Å². The number of rotatable bonds is 3. The number of hydrogen-bond acceptors (Lipinski definition) is 3. The minimum atomic E-state index is -0.812. The number of thioether (sulfide) groups is 1. The molecule has 0 aromatic heterocycles. The van der Waals surface area contributed by atoms with Gasteiger partial charge in [-0.25, -0.2) is 4.79 Å². The number of aliphatic carboxylic acids is 1. The van der Waals surface area contributed by atoms with Crippen LogP contribution in [0, 0.1) is 5.41 Å². The number of amides is 2. The molecule has 1 unspecified atom stereocenters. The van der Waals surface area contributed by atoms with Gasteiger partial charge in [-0.15, -0.1) is 0 Å². The number of urea groups is 1. The van der Waals surface area contributed by atoms with E-state index in [0.717, 1.165) is 30.9 Å². The highest BCUT2D eigenvalue weighted by Gasteiger charge is 2.42. The van der Waals surface area contributed by atoms with E-state index in [9.17, 15) is 14.7 Å². The Balaban J connectivity index is 1.80. The van der Waals surface area contributed by atoms with Crippen molar-refractivity contribution in [3.63, 3.8) is 0 Å². The summed E-state index contributed by atoms with van der Waals surface area (Å²) >= 11 is 1.91. The van der Waals surface area contributed by atoms with Gasteiger partial charge in [0.1, 0.15) is 0 Å². The monoisotopic (exact) mass is 300 g/mol. The maximum absolute atomic E-state index is 12.2. The van der Waals surface area contributed by atoms with Crippen molar-refractivity contribution in [3.05, 3.63) is 0 Å². The zero-order valence-corrected chi connectivity index (χ0v) is 13.0. The third-order valence-corrected chi connectivity index (χ3v) is 5.75. The first-order chi connectivity index (χ1) is 9.44. The van der Waals surface area contributed by atoms with Gasteiger partial charge >= 0.3 is 12.0 Å². The molecule has 1 saturated heterocycles. The number of carboxylic acid groups (broad SMARTS) is 1. The molecular weight excluding hydrogens is 276 g/mol. The highest BCUT2D eigenvalue weighted by atomic mass is 32.2. The molecule has 6 heteroatoms. The lowest BCUT2D eigenvalue weighted by Crippen LogP contribution is -2.46. The Labute approximate surface area is 124 Å². The molecule has 1 aliphatic carbocycles. The quantitative estimate of drug-likeness (QED) is 0.838. The number of carbonyl (C=O) groups excluding carboxylic acids is 1. The molecule has 0 aromatic rings. The largest absolute Gasteiger partial charge is 0.481 e. The fourth-order valence-electron chi connectivity index (χ4n) is 3.02. The first kappa shape index (κ1) is 15.5. The van der Waals surface area contributed by atoms with Gasteiger partial charge in [0, 0.05) is 24.4 Å². The minimum absolute atomic E-state index is 0.0948. The molecule has 2 fully saturated rings. The van der Waals surface area contributed by atoms with Gasteiger partial charge in [-0.3, -0.25) is 4.79 Å². The van der Waals surface area contributed by atoms with E-state index in [1.807, 2.05) is 11.8 Å². The summed E-state index contributed by atoms with van der Waals surface area (Å²) < 4.78 is 0. The van der Waals surface area contributed by atoms with Crippen molar-refractivity contribution in [3.8, 4) is 0 Å². The molecule has 2 rings (SSSR count). The fourth-order valence-corrected chi connectivity index (χ4v) is 3.76. The maximum Gasteiger partial charge on any atom is 0.317 e. The van der Waals surface area contributed by atoms with E-state index >= 15 is 0 Å². The van der Waals surface area contributed by atoms with Crippen molar-refractivity contribution < 1.29 is 14.7 Å². The first-order valence-corrected chi connectivity index (χ1v) is 8.55. The molecule has 2 N–H and O–H groups in total. The van der Waals surface area contributed by atoms with Crippen LogP contribution in [0.4, 0.5) is 4.79 Å². The van der Waals surface area contributed by atoms with Crippen LogP contribution in [0.25, 0.3) is 0 Å². The molecule has 0 radical (unpaired) electrons. The first-order valence-electron chi connectivity index (χ1n) is 7.26. The van der Waals surface area contributed by atoms with Gasteiger partial charge in [0.2, 0.25) is 0 Å². The molecular formula is C14H24N2O3S. The van der Waals surface area contributed by atoms with Crippen LogP contribution in [-0.2, 0) is 4.79 Å². The standard InChI is InChI=1S/C14H24N2O3S/c1-14(12(17)18)7-8-16(9-14)13(19)15-10-3-5-11(20-2)6-4-10/h10-11H,3-9H2,1-2H3,(H,15,19)(H,17,18). The normalized spacial score (nSPS) is 34.0. The lowest BCUT2D eigenvalue weighted by atomic mass is 9.90. The maximum atomic E-state index is 12.2. The molecule has 1 aliphatic heterocycles. The van der Waals surface area contributed by atoms with Gasteiger partial charge in [-0.2, -0.15) is 11.8 Å². The van der Waals surface area contributed by atoms with E-state index in [-0.39, 0.29) is 12.1 Å². The Bertz CT molecular complexity index is 383. The average Bonchev–Trinajstić information content (AvgIpc) is 2.84. The molecule has 20 heavy (non-hydrogen) atoms. The van der Waals surface area contributed by atoms with Crippen LogP contribution in [0.5, 0.6) is 0 Å². The summed E-state index contributed by atoms with van der Waals surface area (Å²) in [5.41, 5.74) is -0.784. The van der Waals surface area contributed by atoms with Crippen molar-refractivity contribution in [2.75, 3.05) is 19.3 Å². The predicted molar refractivity (Wildman–Crippen MR) is 80.0 cm³/mol. The number of nitrogens with zero attached hydrogens (tertiary/aromatic N) is 1. The minimum Gasteiger partial charge on any atom is -0.481 e. The van der Waals surface area contributed by atoms with Crippen LogP contribution in [0.2, 0.25) is 0 Å². The van der Waals surface area contributed by atoms with Gasteiger partial charge in [-0.05, 0) is 45.3 Å². The summed E-state index contributed by atoms with van der Waals surface area (Å²) in [5, 5.41) is 13.0. The number of likely N-dealkylation sites (tertiary alicyclic amines) is 1. The van der Waals surface area contributed by atoms with Crippen molar-refractivity contribution in [2.24, 2.45) is 5.41 Å². The second-order valence-electron chi connectivity index (χ2n) is 6.20. The molecule has 1 atom stereocenters. The Hall–Kier alpha value is -0.910. The highest BCUT2D eigenvalue weighted by molar-refractivity contribution is 7.99.